The number of pyridine rings is 1. The van der Waals surface area contributed by atoms with E-state index < -0.39 is 0 Å². The summed E-state index contributed by atoms with van der Waals surface area (Å²) in [4.78, 5) is 4.38. The second-order valence-electron chi connectivity index (χ2n) is 5.26. The van der Waals surface area contributed by atoms with E-state index in [1.807, 2.05) is 6.07 Å². The van der Waals surface area contributed by atoms with Crippen molar-refractivity contribution in [1.82, 2.24) is 4.98 Å². The second-order valence-corrected chi connectivity index (χ2v) is 5.26. The van der Waals surface area contributed by atoms with E-state index in [1.54, 1.807) is 12.3 Å². The molecular weight excluding hydrogens is 268 g/mol. The van der Waals surface area contributed by atoms with Gasteiger partial charge in [0.15, 0.2) is 0 Å². The van der Waals surface area contributed by atoms with Crippen LogP contribution in [0.2, 0.25) is 0 Å². The van der Waals surface area contributed by atoms with E-state index in [9.17, 15) is 0 Å². The smallest absolute Gasteiger partial charge is 0.0992 e. The van der Waals surface area contributed by atoms with Gasteiger partial charge < -0.3 is 0 Å². The first-order valence-electron chi connectivity index (χ1n) is 7.13. The molecule has 0 saturated heterocycles. The molecule has 0 saturated carbocycles. The molecule has 0 spiro atoms. The molecule has 0 bridgehead atoms. The number of benzene rings is 3. The predicted octanol–water partition coefficient (Wildman–Crippen LogP) is 4.93. The largest absolute Gasteiger partial charge is 0.256 e. The van der Waals surface area contributed by atoms with Gasteiger partial charge in [-0.15, -0.1) is 0 Å². The number of nitrogens with zero attached hydrogens (tertiary/aromatic N) is 2. The van der Waals surface area contributed by atoms with Gasteiger partial charge in [-0.3, -0.25) is 4.98 Å². The van der Waals surface area contributed by atoms with Crippen LogP contribution in [0, 0.1) is 11.3 Å². The zero-order valence-electron chi connectivity index (χ0n) is 11.8. The van der Waals surface area contributed by atoms with Gasteiger partial charge in [0.1, 0.15) is 0 Å². The highest BCUT2D eigenvalue weighted by molar-refractivity contribution is 6.08. The SMILES string of the molecule is N#Cc1ccnc(-c2ccc3c(ccc4ccccc43)c2)c1. The Hall–Kier alpha value is -3.18. The lowest BCUT2D eigenvalue weighted by Gasteiger charge is -2.07. The molecule has 0 amide bonds. The van der Waals surface area contributed by atoms with Crippen LogP contribution < -0.4 is 0 Å². The van der Waals surface area contributed by atoms with Crippen LogP contribution >= 0.6 is 0 Å². The number of hydrogen-bond acceptors (Lipinski definition) is 2. The normalized spacial score (nSPS) is 10.7. The molecule has 0 N–H and O–H groups in total. The van der Waals surface area contributed by atoms with Gasteiger partial charge in [0, 0.05) is 11.8 Å². The van der Waals surface area contributed by atoms with Crippen molar-refractivity contribution < 1.29 is 0 Å². The zero-order valence-corrected chi connectivity index (χ0v) is 11.8. The highest BCUT2D eigenvalue weighted by Gasteiger charge is 2.04. The molecule has 22 heavy (non-hydrogen) atoms. The van der Waals surface area contributed by atoms with E-state index in [2.05, 4.69) is 65.7 Å². The first-order chi connectivity index (χ1) is 10.8. The summed E-state index contributed by atoms with van der Waals surface area (Å²) in [5, 5.41) is 13.9. The van der Waals surface area contributed by atoms with Crippen molar-refractivity contribution in [1.29, 1.82) is 5.26 Å². The van der Waals surface area contributed by atoms with Crippen molar-refractivity contribution in [3.8, 4) is 17.3 Å². The van der Waals surface area contributed by atoms with E-state index in [-0.39, 0.29) is 0 Å². The minimum Gasteiger partial charge on any atom is -0.256 e. The summed E-state index contributed by atoms with van der Waals surface area (Å²) in [5.74, 6) is 0. The third-order valence-corrected chi connectivity index (χ3v) is 3.93. The molecule has 0 aliphatic heterocycles. The fraction of sp³-hybridized carbons (Fsp3) is 0. The van der Waals surface area contributed by atoms with Gasteiger partial charge >= 0.3 is 0 Å². The van der Waals surface area contributed by atoms with Crippen LogP contribution in [0.1, 0.15) is 5.56 Å². The van der Waals surface area contributed by atoms with Crippen LogP contribution in [0.4, 0.5) is 0 Å². The molecule has 0 fully saturated rings. The molecule has 0 atom stereocenters. The third-order valence-electron chi connectivity index (χ3n) is 3.93. The third kappa shape index (κ3) is 2.01. The average Bonchev–Trinajstić information content (AvgIpc) is 2.61. The van der Waals surface area contributed by atoms with Crippen molar-refractivity contribution in [3.05, 3.63) is 78.5 Å². The Bertz CT molecular complexity index is 1040. The molecule has 0 aliphatic carbocycles. The summed E-state index contributed by atoms with van der Waals surface area (Å²) in [6, 6.07) is 24.7. The molecular formula is C20H12N2. The van der Waals surface area contributed by atoms with Crippen molar-refractivity contribution >= 4 is 21.5 Å². The molecule has 0 unspecified atom stereocenters. The number of fused-ring (bicyclic) bond motifs is 3. The molecule has 4 rings (SSSR count). The summed E-state index contributed by atoms with van der Waals surface area (Å²) in [7, 11) is 0. The van der Waals surface area contributed by atoms with Gasteiger partial charge in [-0.05, 0) is 39.7 Å². The standard InChI is InChI=1S/C20H12N2/c21-13-14-9-10-22-20(11-14)17-7-8-19-16(12-17)6-5-15-3-1-2-4-18(15)19/h1-12H. The number of hydrogen-bond donors (Lipinski definition) is 0. The van der Waals surface area contributed by atoms with E-state index in [0.29, 0.717) is 5.56 Å². The lowest BCUT2D eigenvalue weighted by molar-refractivity contribution is 1.31. The molecule has 0 aliphatic rings. The summed E-state index contributed by atoms with van der Waals surface area (Å²) >= 11 is 0. The molecule has 4 aromatic rings. The predicted molar refractivity (Wildman–Crippen MR) is 89.4 cm³/mol. The van der Waals surface area contributed by atoms with Crippen LogP contribution in [0.5, 0.6) is 0 Å². The number of rotatable bonds is 1. The Labute approximate surface area is 128 Å². The van der Waals surface area contributed by atoms with E-state index in [0.717, 1.165) is 11.3 Å². The van der Waals surface area contributed by atoms with Gasteiger partial charge in [-0.1, -0.05) is 48.5 Å². The molecule has 102 valence electrons. The van der Waals surface area contributed by atoms with Gasteiger partial charge in [0.25, 0.3) is 0 Å². The van der Waals surface area contributed by atoms with Crippen LogP contribution in [0.3, 0.4) is 0 Å². The Kier molecular flexibility index (Phi) is 2.84. The van der Waals surface area contributed by atoms with Crippen LogP contribution in [0.15, 0.2) is 72.9 Å². The van der Waals surface area contributed by atoms with Gasteiger partial charge in [-0.2, -0.15) is 5.26 Å². The first kappa shape index (κ1) is 12.6. The summed E-state index contributed by atoms with van der Waals surface area (Å²) in [5.41, 5.74) is 2.48. The molecule has 1 aromatic heterocycles. The highest BCUT2D eigenvalue weighted by Crippen LogP contribution is 2.29. The minimum absolute atomic E-state index is 0.628. The van der Waals surface area contributed by atoms with Crippen LogP contribution in [0.25, 0.3) is 32.8 Å². The monoisotopic (exact) mass is 280 g/mol. The second kappa shape index (κ2) is 4.98. The lowest BCUT2D eigenvalue weighted by atomic mass is 9.99. The topological polar surface area (TPSA) is 36.7 Å². The minimum atomic E-state index is 0.628. The molecule has 1 heterocycles. The maximum absolute atomic E-state index is 9.02. The molecule has 0 radical (unpaired) electrons. The van der Waals surface area contributed by atoms with Gasteiger partial charge in [0.05, 0.1) is 17.3 Å². The quantitative estimate of drug-likeness (QED) is 0.464. The van der Waals surface area contributed by atoms with E-state index in [1.165, 1.54) is 21.5 Å². The Balaban J connectivity index is 1.94. The van der Waals surface area contributed by atoms with E-state index in [4.69, 9.17) is 5.26 Å². The van der Waals surface area contributed by atoms with E-state index >= 15 is 0 Å². The number of aromatic nitrogens is 1. The Morgan fingerprint density at radius 1 is 0.773 bits per heavy atom. The molecule has 2 heteroatoms. The van der Waals surface area contributed by atoms with Crippen LogP contribution in [-0.4, -0.2) is 4.98 Å². The molecule has 2 nitrogen and oxygen atoms in total. The Morgan fingerprint density at radius 3 is 2.50 bits per heavy atom. The molecule has 3 aromatic carbocycles. The fourth-order valence-corrected chi connectivity index (χ4v) is 2.83. The van der Waals surface area contributed by atoms with Crippen molar-refractivity contribution in [2.45, 2.75) is 0 Å². The fourth-order valence-electron chi connectivity index (χ4n) is 2.83. The highest BCUT2D eigenvalue weighted by atomic mass is 14.7. The van der Waals surface area contributed by atoms with Gasteiger partial charge in [0.2, 0.25) is 0 Å². The van der Waals surface area contributed by atoms with Crippen molar-refractivity contribution in [2.24, 2.45) is 0 Å². The van der Waals surface area contributed by atoms with Crippen LogP contribution in [-0.2, 0) is 0 Å². The summed E-state index contributed by atoms with van der Waals surface area (Å²) < 4.78 is 0. The summed E-state index contributed by atoms with van der Waals surface area (Å²) in [6.07, 6.45) is 1.68. The average molecular weight is 280 g/mol. The Morgan fingerprint density at radius 2 is 1.59 bits per heavy atom. The number of nitriles is 1. The van der Waals surface area contributed by atoms with Crippen molar-refractivity contribution in [3.63, 3.8) is 0 Å². The maximum Gasteiger partial charge on any atom is 0.0992 e. The van der Waals surface area contributed by atoms with Gasteiger partial charge in [-0.25, -0.2) is 0 Å². The zero-order chi connectivity index (χ0) is 14.9. The first-order valence-corrected chi connectivity index (χ1v) is 7.13. The lowest BCUT2D eigenvalue weighted by Crippen LogP contribution is -1.86. The summed E-state index contributed by atoms with van der Waals surface area (Å²) in [6.45, 7) is 0. The van der Waals surface area contributed by atoms with Crippen molar-refractivity contribution in [2.75, 3.05) is 0 Å². The maximum atomic E-state index is 9.02.